The highest BCUT2D eigenvalue weighted by Crippen LogP contribution is 2.38. The number of methoxy groups -OCH3 is 1. The molecule has 5 aromatic rings. The number of aromatic nitrogens is 2. The Balaban J connectivity index is 1.18. The van der Waals surface area contributed by atoms with Crippen molar-refractivity contribution >= 4 is 17.1 Å². The first-order valence-corrected chi connectivity index (χ1v) is 17.4. The molecule has 2 fully saturated rings. The number of likely N-dealkylation sites (tertiary alicyclic amines) is 1. The fourth-order valence-electron chi connectivity index (χ4n) is 7.26. The first-order chi connectivity index (χ1) is 24.7. The first-order valence-electron chi connectivity index (χ1n) is 17.4. The molecule has 11 heteroatoms. The van der Waals surface area contributed by atoms with Gasteiger partial charge in [-0.1, -0.05) is 43.3 Å². The minimum absolute atomic E-state index is 0.130. The molecule has 2 aliphatic rings. The van der Waals surface area contributed by atoms with Crippen LogP contribution in [0.3, 0.4) is 0 Å². The van der Waals surface area contributed by atoms with Crippen LogP contribution in [0.4, 0.5) is 8.78 Å². The number of rotatable bonds is 11. The number of halogens is 2. The summed E-state index contributed by atoms with van der Waals surface area (Å²) in [4.78, 5) is 24.6. The number of nitrogens with one attached hydrogen (secondary N) is 1. The maximum absolute atomic E-state index is 13.4. The van der Waals surface area contributed by atoms with Crippen LogP contribution < -0.4 is 14.8 Å². The van der Waals surface area contributed by atoms with Crippen molar-refractivity contribution in [3.05, 3.63) is 82.9 Å². The minimum atomic E-state index is -3.07. The zero-order valence-electron chi connectivity index (χ0n) is 29.3. The number of carbonyl (C=O) groups excluding carboxylic acids is 1. The molecule has 4 heterocycles. The standard InChI is InChI=1S/C40H42F2N4O5/c1-23-15-17-46(20-23)21-26-13-14-32(44-37(26)48-4)30-10-5-8-28(24(30)2)29-9-6-11-31(25(29)3)38-45-34-18-27(22-49-39(47)33-12-7-16-43-33)35(51-40(41)42)19-36(34)50-38/h5-6,8-11,13-14,18-19,23,33,40,43H,7,12,15-17,20-22H2,1-4H3/t23?,33-/m0/s1. The van der Waals surface area contributed by atoms with E-state index in [1.807, 2.05) is 25.1 Å². The Hall–Kier alpha value is -4.87. The molecule has 9 nitrogen and oxygen atoms in total. The van der Waals surface area contributed by atoms with Crippen LogP contribution in [-0.4, -0.2) is 60.2 Å². The molecule has 0 aliphatic carbocycles. The number of ether oxygens (including phenoxy) is 3. The van der Waals surface area contributed by atoms with Crippen molar-refractivity contribution in [3.63, 3.8) is 0 Å². The molecule has 3 aromatic carbocycles. The number of esters is 1. The molecule has 266 valence electrons. The Labute approximate surface area is 295 Å². The normalized spacial score (nSPS) is 17.8. The van der Waals surface area contributed by atoms with Gasteiger partial charge in [-0.3, -0.25) is 9.69 Å². The van der Waals surface area contributed by atoms with Crippen molar-refractivity contribution in [1.29, 1.82) is 0 Å². The lowest BCUT2D eigenvalue weighted by Crippen LogP contribution is -2.32. The molecule has 1 unspecified atom stereocenters. The van der Waals surface area contributed by atoms with Crippen LogP contribution in [0.1, 0.15) is 48.4 Å². The topological polar surface area (TPSA) is 99.0 Å². The average molecular weight is 697 g/mol. The molecule has 0 radical (unpaired) electrons. The SMILES string of the molecule is COc1nc(-c2cccc(-c3cccc(-c4nc5cc(COC(=O)[C@@H]6CCCN6)c(OC(F)F)cc5o4)c3C)c2C)ccc1CN1CCC(C)C1. The van der Waals surface area contributed by atoms with Crippen LogP contribution >= 0.6 is 0 Å². The highest BCUT2D eigenvalue weighted by Gasteiger charge is 2.25. The van der Waals surface area contributed by atoms with Gasteiger partial charge in [0.25, 0.3) is 0 Å². The summed E-state index contributed by atoms with van der Waals surface area (Å²) < 4.78 is 48.9. The number of fused-ring (bicyclic) bond motifs is 1. The van der Waals surface area contributed by atoms with E-state index in [9.17, 15) is 13.6 Å². The number of pyridine rings is 1. The van der Waals surface area contributed by atoms with E-state index in [1.54, 1.807) is 13.2 Å². The summed E-state index contributed by atoms with van der Waals surface area (Å²) in [5.41, 5.74) is 8.68. The fourth-order valence-corrected chi connectivity index (χ4v) is 7.26. The predicted molar refractivity (Wildman–Crippen MR) is 191 cm³/mol. The van der Waals surface area contributed by atoms with E-state index in [0.29, 0.717) is 29.6 Å². The first kappa shape index (κ1) is 34.6. The quantitative estimate of drug-likeness (QED) is 0.137. The maximum Gasteiger partial charge on any atom is 0.387 e. The van der Waals surface area contributed by atoms with Gasteiger partial charge in [0.1, 0.15) is 23.9 Å². The van der Waals surface area contributed by atoms with Gasteiger partial charge < -0.3 is 23.9 Å². The second-order valence-electron chi connectivity index (χ2n) is 13.5. The van der Waals surface area contributed by atoms with E-state index >= 15 is 0 Å². The summed E-state index contributed by atoms with van der Waals surface area (Å²) in [6, 6.07) is 18.8. The van der Waals surface area contributed by atoms with Crippen LogP contribution in [0.5, 0.6) is 11.6 Å². The zero-order chi connectivity index (χ0) is 35.6. The van der Waals surface area contributed by atoms with Crippen molar-refractivity contribution in [2.75, 3.05) is 26.7 Å². The average Bonchev–Trinajstić information content (AvgIpc) is 3.89. The molecular weight excluding hydrogens is 654 g/mol. The summed E-state index contributed by atoms with van der Waals surface area (Å²) in [5.74, 6) is 1.12. The third kappa shape index (κ3) is 7.31. The lowest BCUT2D eigenvalue weighted by atomic mass is 9.90. The van der Waals surface area contributed by atoms with Crippen molar-refractivity contribution in [2.24, 2.45) is 5.92 Å². The van der Waals surface area contributed by atoms with Crippen molar-refractivity contribution in [2.45, 2.75) is 65.8 Å². The highest BCUT2D eigenvalue weighted by atomic mass is 19.3. The number of alkyl halides is 2. The number of hydrogen-bond acceptors (Lipinski definition) is 9. The number of oxazole rings is 1. The third-order valence-corrected chi connectivity index (χ3v) is 10.0. The van der Waals surface area contributed by atoms with Crippen LogP contribution in [0.25, 0.3) is 44.9 Å². The Bertz CT molecular complexity index is 2060. The van der Waals surface area contributed by atoms with Gasteiger partial charge >= 0.3 is 12.6 Å². The van der Waals surface area contributed by atoms with Crippen LogP contribution in [-0.2, 0) is 22.7 Å². The Morgan fingerprint density at radius 2 is 1.73 bits per heavy atom. The monoisotopic (exact) mass is 696 g/mol. The fraction of sp³-hybridized carbons (Fsp3) is 0.375. The summed E-state index contributed by atoms with van der Waals surface area (Å²) in [6.45, 7) is 6.80. The Morgan fingerprint density at radius 3 is 2.41 bits per heavy atom. The van der Waals surface area contributed by atoms with E-state index in [-0.39, 0.29) is 23.5 Å². The molecule has 2 aliphatic heterocycles. The van der Waals surface area contributed by atoms with Crippen LogP contribution in [0, 0.1) is 19.8 Å². The van der Waals surface area contributed by atoms with Gasteiger partial charge in [0.15, 0.2) is 5.58 Å². The van der Waals surface area contributed by atoms with Crippen molar-refractivity contribution in [1.82, 2.24) is 20.2 Å². The molecule has 0 bridgehead atoms. The second-order valence-corrected chi connectivity index (χ2v) is 13.5. The molecule has 2 saturated heterocycles. The van der Waals surface area contributed by atoms with E-state index in [1.165, 1.54) is 12.5 Å². The largest absolute Gasteiger partial charge is 0.481 e. The molecule has 1 N–H and O–H groups in total. The summed E-state index contributed by atoms with van der Waals surface area (Å²) in [6.07, 6.45) is 2.75. The summed E-state index contributed by atoms with van der Waals surface area (Å²) in [5, 5.41) is 3.08. The zero-order valence-corrected chi connectivity index (χ0v) is 29.3. The maximum atomic E-state index is 13.4. The lowest BCUT2D eigenvalue weighted by Gasteiger charge is -2.18. The van der Waals surface area contributed by atoms with Gasteiger partial charge in [0, 0.05) is 41.4 Å². The van der Waals surface area contributed by atoms with Gasteiger partial charge in [-0.25, -0.2) is 9.97 Å². The molecule has 0 spiro atoms. The van der Waals surface area contributed by atoms with Gasteiger partial charge in [0.2, 0.25) is 11.8 Å². The van der Waals surface area contributed by atoms with Crippen molar-refractivity contribution in [3.8, 4) is 45.5 Å². The van der Waals surface area contributed by atoms with Gasteiger partial charge in [0.05, 0.1) is 12.8 Å². The molecule has 0 amide bonds. The van der Waals surface area contributed by atoms with E-state index in [2.05, 4.69) is 54.4 Å². The number of carbonyl (C=O) groups is 1. The van der Waals surface area contributed by atoms with E-state index in [4.69, 9.17) is 28.6 Å². The molecular formula is C40H42F2N4O5. The van der Waals surface area contributed by atoms with Crippen LogP contribution in [0.15, 0.2) is 65.1 Å². The van der Waals surface area contributed by atoms with Gasteiger partial charge in [-0.05, 0) is 92.6 Å². The molecule has 0 saturated carbocycles. The predicted octanol–water partition coefficient (Wildman–Crippen LogP) is 8.09. The highest BCUT2D eigenvalue weighted by molar-refractivity contribution is 5.84. The number of benzene rings is 3. The smallest absolute Gasteiger partial charge is 0.387 e. The van der Waals surface area contributed by atoms with Crippen LogP contribution in [0.2, 0.25) is 0 Å². The molecule has 7 rings (SSSR count). The number of hydrogen-bond donors (Lipinski definition) is 1. The Kier molecular flexibility index (Phi) is 10.0. The molecule has 2 aromatic heterocycles. The number of nitrogens with zero attached hydrogens (tertiary/aromatic N) is 3. The minimum Gasteiger partial charge on any atom is -0.481 e. The van der Waals surface area contributed by atoms with Gasteiger partial charge in [-0.15, -0.1) is 0 Å². The van der Waals surface area contributed by atoms with Crippen molar-refractivity contribution < 1.29 is 32.2 Å². The summed E-state index contributed by atoms with van der Waals surface area (Å²) in [7, 11) is 1.67. The van der Waals surface area contributed by atoms with E-state index < -0.39 is 18.6 Å². The third-order valence-electron chi connectivity index (χ3n) is 10.0. The van der Waals surface area contributed by atoms with Gasteiger partial charge in [-0.2, -0.15) is 8.78 Å². The summed E-state index contributed by atoms with van der Waals surface area (Å²) >= 11 is 0. The second kappa shape index (κ2) is 14.8. The molecule has 51 heavy (non-hydrogen) atoms. The molecule has 2 atom stereocenters. The lowest BCUT2D eigenvalue weighted by molar-refractivity contribution is -0.147. The Morgan fingerprint density at radius 1 is 0.980 bits per heavy atom. The van der Waals surface area contributed by atoms with E-state index in [0.717, 1.165) is 77.2 Å².